The lowest BCUT2D eigenvalue weighted by Gasteiger charge is -2.27. The minimum Gasteiger partial charge on any atom is -0.455 e. The first-order valence-electron chi connectivity index (χ1n) is 8.72. The maximum atomic E-state index is 13.5. The van der Waals surface area contributed by atoms with Crippen molar-refractivity contribution < 1.29 is 4.42 Å². The summed E-state index contributed by atoms with van der Waals surface area (Å²) in [6.45, 7) is 0. The molecule has 27 heavy (non-hydrogen) atoms. The van der Waals surface area contributed by atoms with E-state index in [0.29, 0.717) is 21.8 Å². The molecule has 0 spiro atoms. The highest BCUT2D eigenvalue weighted by atomic mass is 127. The molecule has 132 valence electrons. The standard InChI is InChI=1S/C23H14ClIO2/c24-15-7-5-13(6-8-15)19-11-14-3-1-2-4-17(14)23-21(19)22(26)18-10-9-16(25)12-20(18)27-23/h1-10,12,19H,11H2. The summed E-state index contributed by atoms with van der Waals surface area (Å²) in [6, 6.07) is 21.7. The zero-order chi connectivity index (χ0) is 18.5. The molecular weight excluding hydrogens is 471 g/mol. The predicted molar refractivity (Wildman–Crippen MR) is 118 cm³/mol. The van der Waals surface area contributed by atoms with E-state index in [1.165, 1.54) is 5.56 Å². The van der Waals surface area contributed by atoms with Crippen LogP contribution in [-0.4, -0.2) is 0 Å². The molecule has 1 aliphatic carbocycles. The van der Waals surface area contributed by atoms with E-state index < -0.39 is 0 Å². The van der Waals surface area contributed by atoms with E-state index in [-0.39, 0.29) is 11.3 Å². The van der Waals surface area contributed by atoms with E-state index in [1.54, 1.807) is 0 Å². The molecule has 0 aliphatic heterocycles. The van der Waals surface area contributed by atoms with Crippen molar-refractivity contribution in [3.63, 3.8) is 0 Å². The van der Waals surface area contributed by atoms with Crippen LogP contribution < -0.4 is 5.43 Å². The highest BCUT2D eigenvalue weighted by molar-refractivity contribution is 14.1. The third-order valence-corrected chi connectivity index (χ3v) is 6.12. The molecule has 4 heteroatoms. The van der Waals surface area contributed by atoms with Crippen LogP contribution in [0.1, 0.15) is 22.6 Å². The molecule has 0 fully saturated rings. The van der Waals surface area contributed by atoms with Crippen LogP contribution in [0.25, 0.3) is 22.3 Å². The third-order valence-electron chi connectivity index (χ3n) is 5.20. The molecule has 4 aromatic rings. The van der Waals surface area contributed by atoms with Gasteiger partial charge in [-0.25, -0.2) is 0 Å². The van der Waals surface area contributed by atoms with E-state index in [9.17, 15) is 4.79 Å². The molecule has 2 nitrogen and oxygen atoms in total. The Balaban J connectivity index is 1.86. The van der Waals surface area contributed by atoms with Crippen LogP contribution >= 0.6 is 34.2 Å². The van der Waals surface area contributed by atoms with E-state index in [2.05, 4.69) is 28.7 Å². The summed E-state index contributed by atoms with van der Waals surface area (Å²) < 4.78 is 7.36. The molecule has 0 radical (unpaired) electrons. The van der Waals surface area contributed by atoms with Crippen LogP contribution in [0.4, 0.5) is 0 Å². The summed E-state index contributed by atoms with van der Waals surface area (Å²) in [5.74, 6) is 0.642. The number of benzene rings is 3. The second kappa shape index (κ2) is 6.50. The number of fused-ring (bicyclic) bond motifs is 4. The van der Waals surface area contributed by atoms with E-state index in [0.717, 1.165) is 26.7 Å². The first kappa shape index (κ1) is 17.0. The van der Waals surface area contributed by atoms with Gasteiger partial charge in [-0.15, -0.1) is 0 Å². The molecule has 1 heterocycles. The van der Waals surface area contributed by atoms with Crippen molar-refractivity contribution in [3.8, 4) is 11.3 Å². The topological polar surface area (TPSA) is 30.2 Å². The molecule has 5 rings (SSSR count). The zero-order valence-electron chi connectivity index (χ0n) is 14.2. The minimum atomic E-state index is -0.0490. The van der Waals surface area contributed by atoms with Gasteiger partial charge >= 0.3 is 0 Å². The van der Waals surface area contributed by atoms with Gasteiger partial charge in [0, 0.05) is 20.1 Å². The van der Waals surface area contributed by atoms with Crippen molar-refractivity contribution in [3.05, 3.63) is 102 Å². The van der Waals surface area contributed by atoms with E-state index >= 15 is 0 Å². The van der Waals surface area contributed by atoms with Gasteiger partial charge in [0.1, 0.15) is 11.3 Å². The van der Waals surface area contributed by atoms with Crippen molar-refractivity contribution >= 4 is 45.2 Å². The fraction of sp³-hybridized carbons (Fsp3) is 0.0870. The second-order valence-electron chi connectivity index (χ2n) is 6.78. The van der Waals surface area contributed by atoms with Crippen LogP contribution in [0.2, 0.25) is 5.02 Å². The van der Waals surface area contributed by atoms with E-state index in [1.807, 2.05) is 60.7 Å². The summed E-state index contributed by atoms with van der Waals surface area (Å²) >= 11 is 8.31. The Labute approximate surface area is 174 Å². The highest BCUT2D eigenvalue weighted by Crippen LogP contribution is 2.42. The summed E-state index contributed by atoms with van der Waals surface area (Å²) in [5.41, 5.74) is 4.71. The Morgan fingerprint density at radius 3 is 2.59 bits per heavy atom. The second-order valence-corrected chi connectivity index (χ2v) is 8.46. The predicted octanol–water partition coefficient (Wildman–Crippen LogP) is 6.41. The minimum absolute atomic E-state index is 0.0490. The Morgan fingerprint density at radius 1 is 1.00 bits per heavy atom. The Bertz CT molecular complexity index is 1240. The maximum absolute atomic E-state index is 13.5. The lowest BCUT2D eigenvalue weighted by atomic mass is 9.78. The SMILES string of the molecule is O=c1c2c(oc3cc(I)ccc13)-c1ccccc1CC2c1ccc(Cl)cc1. The van der Waals surface area contributed by atoms with Crippen LogP contribution in [0.15, 0.2) is 75.9 Å². The quantitative estimate of drug-likeness (QED) is 0.292. The van der Waals surface area contributed by atoms with Crippen LogP contribution in [0.5, 0.6) is 0 Å². The van der Waals surface area contributed by atoms with Crippen molar-refractivity contribution in [1.82, 2.24) is 0 Å². The van der Waals surface area contributed by atoms with Gasteiger partial charge in [0.2, 0.25) is 0 Å². The Morgan fingerprint density at radius 2 is 1.78 bits per heavy atom. The van der Waals surface area contributed by atoms with Crippen LogP contribution in [0, 0.1) is 3.57 Å². The average molecular weight is 485 g/mol. The lowest BCUT2D eigenvalue weighted by Crippen LogP contribution is -2.22. The molecule has 1 atom stereocenters. The third kappa shape index (κ3) is 2.80. The molecule has 0 amide bonds. The van der Waals surface area contributed by atoms with Gasteiger partial charge in [-0.2, -0.15) is 0 Å². The molecular formula is C23H14ClIO2. The maximum Gasteiger partial charge on any atom is 0.197 e. The number of halogens is 2. The molecule has 0 bridgehead atoms. The van der Waals surface area contributed by atoms with Crippen LogP contribution in [0.3, 0.4) is 0 Å². The first-order valence-corrected chi connectivity index (χ1v) is 10.2. The van der Waals surface area contributed by atoms with Crippen molar-refractivity contribution in [2.45, 2.75) is 12.3 Å². The van der Waals surface area contributed by atoms with Gasteiger partial charge in [-0.1, -0.05) is 48.0 Å². The monoisotopic (exact) mass is 484 g/mol. The number of hydrogen-bond donors (Lipinski definition) is 0. The zero-order valence-corrected chi connectivity index (χ0v) is 17.1. The molecule has 0 N–H and O–H groups in total. The normalized spacial score (nSPS) is 15.4. The van der Waals surface area contributed by atoms with Gasteiger partial charge < -0.3 is 4.42 Å². The molecule has 1 aromatic heterocycles. The Hall–Kier alpha value is -2.11. The summed E-state index contributed by atoms with van der Waals surface area (Å²) in [6.07, 6.45) is 0.769. The average Bonchev–Trinajstić information content (AvgIpc) is 2.68. The molecule has 0 saturated carbocycles. The summed E-state index contributed by atoms with van der Waals surface area (Å²) in [4.78, 5) is 13.5. The highest BCUT2D eigenvalue weighted by Gasteiger charge is 2.31. The van der Waals surface area contributed by atoms with Crippen molar-refractivity contribution in [2.75, 3.05) is 0 Å². The molecule has 0 saturated heterocycles. The molecule has 1 unspecified atom stereocenters. The van der Waals surface area contributed by atoms with Gasteiger partial charge in [-0.3, -0.25) is 4.79 Å². The van der Waals surface area contributed by atoms with E-state index in [4.69, 9.17) is 16.0 Å². The largest absolute Gasteiger partial charge is 0.455 e. The van der Waals surface area contributed by atoms with Gasteiger partial charge in [0.25, 0.3) is 0 Å². The van der Waals surface area contributed by atoms with Crippen molar-refractivity contribution in [1.29, 1.82) is 0 Å². The lowest BCUT2D eigenvalue weighted by molar-refractivity contribution is 0.591. The van der Waals surface area contributed by atoms with Crippen molar-refractivity contribution in [2.24, 2.45) is 0 Å². The van der Waals surface area contributed by atoms with Gasteiger partial charge in [0.15, 0.2) is 5.43 Å². The van der Waals surface area contributed by atoms with Crippen LogP contribution in [-0.2, 0) is 6.42 Å². The summed E-state index contributed by atoms with van der Waals surface area (Å²) in [5, 5.41) is 1.32. The fourth-order valence-corrected chi connectivity index (χ4v) is 4.51. The smallest absolute Gasteiger partial charge is 0.197 e. The first-order chi connectivity index (χ1) is 13.1. The Kier molecular flexibility index (Phi) is 4.10. The number of hydrogen-bond acceptors (Lipinski definition) is 2. The molecule has 3 aromatic carbocycles. The number of rotatable bonds is 1. The summed E-state index contributed by atoms with van der Waals surface area (Å²) in [7, 11) is 0. The fourth-order valence-electron chi connectivity index (χ4n) is 3.92. The molecule has 1 aliphatic rings. The van der Waals surface area contributed by atoms with Gasteiger partial charge in [0.05, 0.1) is 10.9 Å². The van der Waals surface area contributed by atoms with Gasteiger partial charge in [-0.05, 0) is 70.5 Å².